The molecule has 0 unspecified atom stereocenters. The standard InChI is InChI=1S/C26H26F3NO2S/c1-18(2)25(31)32-16-6-4-3-5-7-19-8-10-21(11-9-19)24-30-17-23(33-24)20-12-14-22(15-13-20)26(27,28)29/h8-15,17H,1,3-7,16H2,2H3. The van der Waals surface area contributed by atoms with Gasteiger partial charge in [0.1, 0.15) is 5.01 Å². The Bertz CT molecular complexity index is 1070. The van der Waals surface area contributed by atoms with Gasteiger partial charge in [0.2, 0.25) is 0 Å². The molecule has 0 spiro atoms. The molecule has 0 saturated heterocycles. The summed E-state index contributed by atoms with van der Waals surface area (Å²) in [5.74, 6) is -0.332. The fourth-order valence-electron chi connectivity index (χ4n) is 3.25. The van der Waals surface area contributed by atoms with Gasteiger partial charge in [-0.15, -0.1) is 11.3 Å². The highest BCUT2D eigenvalue weighted by molar-refractivity contribution is 7.18. The maximum Gasteiger partial charge on any atom is 0.416 e. The summed E-state index contributed by atoms with van der Waals surface area (Å²) in [5, 5.41) is 0.834. The maximum absolute atomic E-state index is 12.7. The zero-order valence-corrected chi connectivity index (χ0v) is 19.3. The fourth-order valence-corrected chi connectivity index (χ4v) is 4.18. The number of carbonyl (C=O) groups is 1. The van der Waals surface area contributed by atoms with Gasteiger partial charge in [-0.05, 0) is 49.4 Å². The van der Waals surface area contributed by atoms with E-state index in [-0.39, 0.29) is 5.97 Å². The van der Waals surface area contributed by atoms with E-state index in [1.54, 1.807) is 13.1 Å². The predicted molar refractivity (Wildman–Crippen MR) is 126 cm³/mol. The Morgan fingerprint density at radius 1 is 0.970 bits per heavy atom. The van der Waals surface area contributed by atoms with Crippen molar-refractivity contribution in [1.29, 1.82) is 0 Å². The highest BCUT2D eigenvalue weighted by Gasteiger charge is 2.30. The van der Waals surface area contributed by atoms with Crippen molar-refractivity contribution >= 4 is 17.3 Å². The Balaban J connectivity index is 1.46. The van der Waals surface area contributed by atoms with E-state index in [2.05, 4.69) is 23.7 Å². The van der Waals surface area contributed by atoms with Gasteiger partial charge in [-0.25, -0.2) is 9.78 Å². The molecular formula is C26H26F3NO2S. The van der Waals surface area contributed by atoms with Gasteiger partial charge in [-0.1, -0.05) is 55.8 Å². The number of rotatable bonds is 10. The molecule has 0 bridgehead atoms. The van der Waals surface area contributed by atoms with E-state index in [0.717, 1.165) is 65.2 Å². The summed E-state index contributed by atoms with van der Waals surface area (Å²) >= 11 is 1.46. The molecular weight excluding hydrogens is 447 g/mol. The average Bonchev–Trinajstić information content (AvgIpc) is 3.28. The highest BCUT2D eigenvalue weighted by Crippen LogP contribution is 2.35. The quantitative estimate of drug-likeness (QED) is 0.172. The van der Waals surface area contributed by atoms with Crippen LogP contribution in [-0.2, 0) is 22.1 Å². The van der Waals surface area contributed by atoms with E-state index >= 15 is 0 Å². The van der Waals surface area contributed by atoms with E-state index in [1.807, 2.05) is 12.1 Å². The third-order valence-corrected chi connectivity index (χ3v) is 6.24. The molecule has 1 aromatic heterocycles. The lowest BCUT2D eigenvalue weighted by Gasteiger charge is -2.06. The largest absolute Gasteiger partial charge is 0.462 e. The van der Waals surface area contributed by atoms with Crippen LogP contribution in [-0.4, -0.2) is 17.6 Å². The molecule has 0 fully saturated rings. The lowest BCUT2D eigenvalue weighted by Crippen LogP contribution is -2.06. The molecule has 0 radical (unpaired) electrons. The summed E-state index contributed by atoms with van der Waals surface area (Å²) in [6, 6.07) is 13.4. The first-order chi connectivity index (χ1) is 15.7. The average molecular weight is 474 g/mol. The van der Waals surface area contributed by atoms with Gasteiger partial charge < -0.3 is 4.74 Å². The number of hydrogen-bond donors (Lipinski definition) is 0. The minimum atomic E-state index is -4.33. The summed E-state index contributed by atoms with van der Waals surface area (Å²) in [6.07, 6.45) is 2.32. The van der Waals surface area contributed by atoms with Crippen molar-refractivity contribution in [1.82, 2.24) is 4.98 Å². The zero-order valence-electron chi connectivity index (χ0n) is 18.5. The first kappa shape index (κ1) is 24.7. The van der Waals surface area contributed by atoms with Crippen LogP contribution in [0.5, 0.6) is 0 Å². The second-order valence-corrected chi connectivity index (χ2v) is 8.91. The molecule has 0 saturated carbocycles. The van der Waals surface area contributed by atoms with Crippen molar-refractivity contribution in [3.05, 3.63) is 78.0 Å². The maximum atomic E-state index is 12.7. The Morgan fingerprint density at radius 2 is 1.61 bits per heavy atom. The number of aromatic nitrogens is 1. The predicted octanol–water partition coefficient (Wildman–Crippen LogP) is 7.72. The van der Waals surface area contributed by atoms with Crippen LogP contribution in [0.2, 0.25) is 0 Å². The number of hydrogen-bond acceptors (Lipinski definition) is 4. The van der Waals surface area contributed by atoms with Crippen LogP contribution in [0.3, 0.4) is 0 Å². The fraction of sp³-hybridized carbons (Fsp3) is 0.308. The molecule has 0 amide bonds. The summed E-state index contributed by atoms with van der Waals surface area (Å²) in [6.45, 7) is 5.63. The highest BCUT2D eigenvalue weighted by atomic mass is 32.1. The molecule has 0 N–H and O–H groups in total. The minimum Gasteiger partial charge on any atom is -0.462 e. The van der Waals surface area contributed by atoms with Gasteiger partial charge in [0, 0.05) is 17.3 Å². The number of nitrogens with zero attached hydrogens (tertiary/aromatic N) is 1. The zero-order chi connectivity index (χ0) is 23.8. The first-order valence-electron chi connectivity index (χ1n) is 10.8. The Kier molecular flexibility index (Phi) is 8.44. The number of alkyl halides is 3. The topological polar surface area (TPSA) is 39.2 Å². The van der Waals surface area contributed by atoms with Crippen molar-refractivity contribution in [3.8, 4) is 21.0 Å². The van der Waals surface area contributed by atoms with Crippen molar-refractivity contribution in [2.45, 2.75) is 45.2 Å². The van der Waals surface area contributed by atoms with Crippen LogP contribution in [0.1, 0.15) is 43.7 Å². The second kappa shape index (κ2) is 11.3. The lowest BCUT2D eigenvalue weighted by atomic mass is 10.0. The van der Waals surface area contributed by atoms with Gasteiger partial charge in [-0.3, -0.25) is 0 Å². The Morgan fingerprint density at radius 3 is 2.24 bits per heavy atom. The van der Waals surface area contributed by atoms with Gasteiger partial charge in [0.05, 0.1) is 17.0 Å². The van der Waals surface area contributed by atoms with Gasteiger partial charge in [0.25, 0.3) is 0 Å². The number of carbonyl (C=O) groups excluding carboxylic acids is 1. The number of thiazole rings is 1. The third kappa shape index (κ3) is 7.29. The van der Waals surface area contributed by atoms with Crippen LogP contribution < -0.4 is 0 Å². The van der Waals surface area contributed by atoms with Crippen LogP contribution in [0.4, 0.5) is 13.2 Å². The monoisotopic (exact) mass is 473 g/mol. The SMILES string of the molecule is C=C(C)C(=O)OCCCCCCc1ccc(-c2ncc(-c3ccc(C(F)(F)F)cc3)s2)cc1. The van der Waals surface area contributed by atoms with Gasteiger partial charge in [0.15, 0.2) is 0 Å². The van der Waals surface area contributed by atoms with E-state index < -0.39 is 11.7 Å². The van der Waals surface area contributed by atoms with Crippen LogP contribution in [0, 0.1) is 0 Å². The summed E-state index contributed by atoms with van der Waals surface area (Å²) in [4.78, 5) is 16.6. The van der Waals surface area contributed by atoms with E-state index in [1.165, 1.54) is 29.0 Å². The van der Waals surface area contributed by atoms with Crippen molar-refractivity contribution in [2.24, 2.45) is 0 Å². The van der Waals surface area contributed by atoms with Crippen LogP contribution >= 0.6 is 11.3 Å². The van der Waals surface area contributed by atoms with Crippen LogP contribution in [0.25, 0.3) is 21.0 Å². The number of esters is 1. The molecule has 3 rings (SSSR count). The number of unbranched alkanes of at least 4 members (excludes halogenated alkanes) is 3. The normalized spacial score (nSPS) is 11.4. The number of benzene rings is 2. The molecule has 0 aliphatic carbocycles. The summed E-state index contributed by atoms with van der Waals surface area (Å²) in [7, 11) is 0. The number of ether oxygens (including phenoxy) is 1. The number of halogens is 3. The second-order valence-electron chi connectivity index (χ2n) is 7.88. The van der Waals surface area contributed by atoms with E-state index in [9.17, 15) is 18.0 Å². The van der Waals surface area contributed by atoms with Gasteiger partial charge >= 0.3 is 12.1 Å². The molecule has 0 aliphatic rings. The van der Waals surface area contributed by atoms with Crippen molar-refractivity contribution in [3.63, 3.8) is 0 Å². The molecule has 7 heteroatoms. The molecule has 2 aromatic carbocycles. The first-order valence-corrected chi connectivity index (χ1v) is 11.6. The minimum absolute atomic E-state index is 0.332. The van der Waals surface area contributed by atoms with Gasteiger partial charge in [-0.2, -0.15) is 13.2 Å². The molecule has 33 heavy (non-hydrogen) atoms. The Hall–Kier alpha value is -2.93. The lowest BCUT2D eigenvalue weighted by molar-refractivity contribution is -0.139. The molecule has 0 atom stereocenters. The third-order valence-electron chi connectivity index (χ3n) is 5.14. The van der Waals surface area contributed by atoms with E-state index in [0.29, 0.717) is 12.2 Å². The van der Waals surface area contributed by atoms with Crippen molar-refractivity contribution in [2.75, 3.05) is 6.61 Å². The Labute approximate surface area is 196 Å². The van der Waals surface area contributed by atoms with Crippen LogP contribution in [0.15, 0.2) is 66.9 Å². The molecule has 3 aromatic rings. The number of aryl methyl sites for hydroxylation is 1. The van der Waals surface area contributed by atoms with E-state index in [4.69, 9.17) is 4.74 Å². The molecule has 1 heterocycles. The summed E-state index contributed by atoms with van der Waals surface area (Å²) < 4.78 is 43.3. The van der Waals surface area contributed by atoms with Crippen molar-refractivity contribution < 1.29 is 22.7 Å². The molecule has 3 nitrogen and oxygen atoms in total. The smallest absolute Gasteiger partial charge is 0.416 e. The molecule has 0 aliphatic heterocycles. The summed E-state index contributed by atoms with van der Waals surface area (Å²) in [5.41, 5.74) is 2.72. The molecule has 174 valence electrons.